The summed E-state index contributed by atoms with van der Waals surface area (Å²) in [6.07, 6.45) is 0.835. The lowest BCUT2D eigenvalue weighted by atomic mass is 10.1. The number of carboxylic acid groups (broad SMARTS) is 1. The van der Waals surface area contributed by atoms with Gasteiger partial charge in [0.15, 0.2) is 0 Å². The Balaban J connectivity index is 2.01. The SMILES string of the molecule is O=C(O)CCCNc1ccc2cc(Br)ccc2c1. The summed E-state index contributed by atoms with van der Waals surface area (Å²) in [6, 6.07) is 12.3. The zero-order valence-electron chi connectivity index (χ0n) is 9.82. The fourth-order valence-corrected chi connectivity index (χ4v) is 2.18. The lowest BCUT2D eigenvalue weighted by Gasteiger charge is -2.07. The van der Waals surface area contributed by atoms with Crippen LogP contribution in [-0.4, -0.2) is 17.6 Å². The second-order valence-electron chi connectivity index (χ2n) is 4.13. The molecule has 0 amide bonds. The summed E-state index contributed by atoms with van der Waals surface area (Å²) in [5.74, 6) is -0.750. The Kier molecular flexibility index (Phi) is 4.20. The minimum Gasteiger partial charge on any atom is -0.481 e. The molecule has 0 spiro atoms. The Morgan fingerprint density at radius 3 is 2.67 bits per heavy atom. The predicted molar refractivity (Wildman–Crippen MR) is 77.0 cm³/mol. The summed E-state index contributed by atoms with van der Waals surface area (Å²) < 4.78 is 1.07. The highest BCUT2D eigenvalue weighted by Gasteiger charge is 1.99. The summed E-state index contributed by atoms with van der Waals surface area (Å²) in [5, 5.41) is 14.1. The summed E-state index contributed by atoms with van der Waals surface area (Å²) >= 11 is 3.44. The smallest absolute Gasteiger partial charge is 0.303 e. The molecule has 0 aromatic heterocycles. The van der Waals surface area contributed by atoms with Gasteiger partial charge in [-0.25, -0.2) is 0 Å². The molecule has 2 N–H and O–H groups in total. The monoisotopic (exact) mass is 307 g/mol. The van der Waals surface area contributed by atoms with Gasteiger partial charge in [-0.1, -0.05) is 28.1 Å². The maximum Gasteiger partial charge on any atom is 0.303 e. The van der Waals surface area contributed by atoms with Gasteiger partial charge in [0.25, 0.3) is 0 Å². The zero-order chi connectivity index (χ0) is 13.0. The van der Waals surface area contributed by atoms with E-state index in [0.29, 0.717) is 13.0 Å². The van der Waals surface area contributed by atoms with E-state index in [1.807, 2.05) is 12.1 Å². The Bertz CT molecular complexity index is 569. The fourth-order valence-electron chi connectivity index (χ4n) is 1.80. The lowest BCUT2D eigenvalue weighted by molar-refractivity contribution is -0.137. The van der Waals surface area contributed by atoms with Crippen LogP contribution in [0.5, 0.6) is 0 Å². The van der Waals surface area contributed by atoms with Gasteiger partial charge in [-0.3, -0.25) is 4.79 Å². The third kappa shape index (κ3) is 3.47. The van der Waals surface area contributed by atoms with Crippen molar-refractivity contribution in [1.29, 1.82) is 0 Å². The summed E-state index contributed by atoms with van der Waals surface area (Å²) in [5.41, 5.74) is 1.02. The number of hydrogen-bond donors (Lipinski definition) is 2. The molecule has 0 saturated carbocycles. The third-order valence-corrected chi connectivity index (χ3v) is 3.19. The topological polar surface area (TPSA) is 49.3 Å². The number of halogens is 1. The first-order chi connectivity index (χ1) is 8.65. The molecular formula is C14H14BrNO2. The standard InChI is InChI=1S/C14H14BrNO2/c15-12-5-3-11-9-13(6-4-10(11)8-12)16-7-1-2-14(17)18/h3-6,8-9,16H,1-2,7H2,(H,17,18). The average molecular weight is 308 g/mol. The second-order valence-corrected chi connectivity index (χ2v) is 5.05. The van der Waals surface area contributed by atoms with E-state index >= 15 is 0 Å². The molecule has 0 aliphatic heterocycles. The number of nitrogens with one attached hydrogen (secondary N) is 1. The molecule has 0 aliphatic rings. The van der Waals surface area contributed by atoms with Crippen LogP contribution < -0.4 is 5.32 Å². The third-order valence-electron chi connectivity index (χ3n) is 2.70. The molecule has 94 valence electrons. The van der Waals surface area contributed by atoms with Gasteiger partial charge in [0, 0.05) is 23.1 Å². The number of carbonyl (C=O) groups is 1. The van der Waals surface area contributed by atoms with E-state index in [-0.39, 0.29) is 6.42 Å². The number of rotatable bonds is 5. The first-order valence-corrected chi connectivity index (χ1v) is 6.59. The molecule has 0 radical (unpaired) electrons. The molecule has 0 fully saturated rings. The van der Waals surface area contributed by atoms with E-state index in [4.69, 9.17) is 5.11 Å². The van der Waals surface area contributed by atoms with Crippen molar-refractivity contribution >= 4 is 38.4 Å². The van der Waals surface area contributed by atoms with Crippen molar-refractivity contribution in [3.63, 3.8) is 0 Å². The van der Waals surface area contributed by atoms with Gasteiger partial charge in [0.1, 0.15) is 0 Å². The molecule has 0 atom stereocenters. The number of aliphatic carboxylic acids is 1. The largest absolute Gasteiger partial charge is 0.481 e. The van der Waals surface area contributed by atoms with Gasteiger partial charge in [-0.05, 0) is 41.5 Å². The average Bonchev–Trinajstić information content (AvgIpc) is 2.34. The van der Waals surface area contributed by atoms with Crippen molar-refractivity contribution in [2.45, 2.75) is 12.8 Å². The van der Waals surface area contributed by atoms with Crippen molar-refractivity contribution in [3.8, 4) is 0 Å². The predicted octanol–water partition coefficient (Wildman–Crippen LogP) is 3.88. The number of carboxylic acids is 1. The summed E-state index contributed by atoms with van der Waals surface area (Å²) in [7, 11) is 0. The van der Waals surface area contributed by atoms with Crippen molar-refractivity contribution < 1.29 is 9.90 Å². The van der Waals surface area contributed by atoms with Gasteiger partial charge in [-0.15, -0.1) is 0 Å². The minimum absolute atomic E-state index is 0.202. The van der Waals surface area contributed by atoms with E-state index in [2.05, 4.69) is 45.5 Å². The van der Waals surface area contributed by atoms with Crippen molar-refractivity contribution in [1.82, 2.24) is 0 Å². The first kappa shape index (κ1) is 12.9. The van der Waals surface area contributed by atoms with Crippen LogP contribution >= 0.6 is 15.9 Å². The van der Waals surface area contributed by atoms with Gasteiger partial charge < -0.3 is 10.4 Å². The van der Waals surface area contributed by atoms with Gasteiger partial charge >= 0.3 is 5.97 Å². The van der Waals surface area contributed by atoms with E-state index in [1.165, 1.54) is 10.8 Å². The molecule has 18 heavy (non-hydrogen) atoms. The van der Waals surface area contributed by atoms with Crippen LogP contribution in [-0.2, 0) is 4.79 Å². The first-order valence-electron chi connectivity index (χ1n) is 5.80. The molecule has 3 nitrogen and oxygen atoms in total. The number of hydrogen-bond acceptors (Lipinski definition) is 2. The van der Waals surface area contributed by atoms with Gasteiger partial charge in [0.2, 0.25) is 0 Å². The molecule has 0 aliphatic carbocycles. The molecule has 2 aromatic carbocycles. The minimum atomic E-state index is -0.750. The van der Waals surface area contributed by atoms with Crippen LogP contribution in [0.4, 0.5) is 5.69 Å². The highest BCUT2D eigenvalue weighted by Crippen LogP contribution is 2.22. The van der Waals surface area contributed by atoms with Crippen LogP contribution in [0.1, 0.15) is 12.8 Å². The van der Waals surface area contributed by atoms with E-state index in [0.717, 1.165) is 10.2 Å². The van der Waals surface area contributed by atoms with Crippen molar-refractivity contribution in [2.24, 2.45) is 0 Å². The second kappa shape index (κ2) is 5.87. The van der Waals surface area contributed by atoms with E-state index in [9.17, 15) is 4.79 Å². The highest BCUT2D eigenvalue weighted by atomic mass is 79.9. The molecule has 0 unspecified atom stereocenters. The number of fused-ring (bicyclic) bond motifs is 1. The fraction of sp³-hybridized carbons (Fsp3) is 0.214. The Morgan fingerprint density at radius 2 is 1.89 bits per heavy atom. The summed E-state index contributed by atoms with van der Waals surface area (Å²) in [4.78, 5) is 10.4. The number of anilines is 1. The maximum absolute atomic E-state index is 10.4. The normalized spacial score (nSPS) is 10.5. The van der Waals surface area contributed by atoms with E-state index < -0.39 is 5.97 Å². The van der Waals surface area contributed by atoms with Gasteiger partial charge in [0.05, 0.1) is 0 Å². The van der Waals surface area contributed by atoms with Crippen molar-refractivity contribution in [2.75, 3.05) is 11.9 Å². The molecule has 2 rings (SSSR count). The van der Waals surface area contributed by atoms with Crippen LogP contribution in [0.2, 0.25) is 0 Å². The van der Waals surface area contributed by atoms with Crippen molar-refractivity contribution in [3.05, 3.63) is 40.9 Å². The molecule has 0 saturated heterocycles. The molecule has 0 heterocycles. The lowest BCUT2D eigenvalue weighted by Crippen LogP contribution is -2.04. The Labute approximate surface area is 114 Å². The van der Waals surface area contributed by atoms with Gasteiger partial charge in [-0.2, -0.15) is 0 Å². The zero-order valence-corrected chi connectivity index (χ0v) is 11.4. The molecule has 2 aromatic rings. The highest BCUT2D eigenvalue weighted by molar-refractivity contribution is 9.10. The van der Waals surface area contributed by atoms with Crippen LogP contribution in [0.15, 0.2) is 40.9 Å². The molecule has 4 heteroatoms. The van der Waals surface area contributed by atoms with Crippen LogP contribution in [0.25, 0.3) is 10.8 Å². The van der Waals surface area contributed by atoms with Crippen LogP contribution in [0, 0.1) is 0 Å². The Hall–Kier alpha value is -1.55. The Morgan fingerprint density at radius 1 is 1.17 bits per heavy atom. The van der Waals surface area contributed by atoms with Crippen LogP contribution in [0.3, 0.4) is 0 Å². The molecular weight excluding hydrogens is 294 g/mol. The van der Waals surface area contributed by atoms with E-state index in [1.54, 1.807) is 0 Å². The quantitative estimate of drug-likeness (QED) is 0.824. The summed E-state index contributed by atoms with van der Waals surface area (Å²) in [6.45, 7) is 0.675. The molecule has 0 bridgehead atoms. The number of benzene rings is 2. The maximum atomic E-state index is 10.4.